The van der Waals surface area contributed by atoms with Crippen LogP contribution in [0.15, 0.2) is 42.5 Å². The maximum absolute atomic E-state index is 13.2. The van der Waals surface area contributed by atoms with Gasteiger partial charge < -0.3 is 25.2 Å². The average Bonchev–Trinajstić information content (AvgIpc) is 3.08. The highest BCUT2D eigenvalue weighted by Gasteiger charge is 2.47. The smallest absolute Gasteiger partial charge is 0.325 e. The van der Waals surface area contributed by atoms with Crippen LogP contribution in [0.5, 0.6) is 5.75 Å². The number of rotatable bonds is 9. The lowest BCUT2D eigenvalue weighted by Crippen LogP contribution is -2.53. The maximum atomic E-state index is 13.2. The standard InChI is InChI=1S/C22H23ClIN3O6/c1-12(32-2)19(20(29)25-17-8-5-14(24)11-16(17)23)27-21(30)18(26-22(27)31)13-3-6-15(7-4-13)33-10-9-28/h3-8,11-12,18-19,28H,9-10H2,1-2H3,(H,25,29)(H,26,31)/t12-,18?,19+/m1/s1. The lowest BCUT2D eigenvalue weighted by Gasteiger charge is -2.28. The van der Waals surface area contributed by atoms with Crippen molar-refractivity contribution in [1.29, 1.82) is 0 Å². The predicted octanol–water partition coefficient (Wildman–Crippen LogP) is 2.95. The first-order valence-electron chi connectivity index (χ1n) is 10.0. The molecule has 11 heteroatoms. The van der Waals surface area contributed by atoms with Gasteiger partial charge in [0.05, 0.1) is 23.4 Å². The van der Waals surface area contributed by atoms with Gasteiger partial charge in [-0.1, -0.05) is 23.7 Å². The molecule has 3 N–H and O–H groups in total. The minimum Gasteiger partial charge on any atom is -0.491 e. The quantitative estimate of drug-likeness (QED) is 0.307. The Kier molecular flexibility index (Phi) is 8.51. The summed E-state index contributed by atoms with van der Waals surface area (Å²) >= 11 is 8.32. The second-order valence-electron chi connectivity index (χ2n) is 7.23. The largest absolute Gasteiger partial charge is 0.491 e. The van der Waals surface area contributed by atoms with Crippen LogP contribution in [0.3, 0.4) is 0 Å². The molecule has 2 aromatic carbocycles. The average molecular weight is 588 g/mol. The molecule has 1 fully saturated rings. The van der Waals surface area contributed by atoms with Crippen molar-refractivity contribution in [2.24, 2.45) is 0 Å². The van der Waals surface area contributed by atoms with E-state index in [2.05, 4.69) is 33.2 Å². The topological polar surface area (TPSA) is 117 Å². The van der Waals surface area contributed by atoms with Gasteiger partial charge >= 0.3 is 6.03 Å². The van der Waals surface area contributed by atoms with Crippen LogP contribution >= 0.6 is 34.2 Å². The molecule has 0 saturated carbocycles. The Morgan fingerprint density at radius 1 is 1.27 bits per heavy atom. The van der Waals surface area contributed by atoms with E-state index in [1.165, 1.54) is 7.11 Å². The summed E-state index contributed by atoms with van der Waals surface area (Å²) in [6.45, 7) is 1.62. The van der Waals surface area contributed by atoms with Crippen molar-refractivity contribution < 1.29 is 29.0 Å². The number of methoxy groups -OCH3 is 1. The molecule has 1 saturated heterocycles. The third kappa shape index (κ3) is 5.75. The Morgan fingerprint density at radius 2 is 1.97 bits per heavy atom. The monoisotopic (exact) mass is 587 g/mol. The number of benzene rings is 2. The number of nitrogens with zero attached hydrogens (tertiary/aromatic N) is 1. The first-order chi connectivity index (χ1) is 15.8. The Labute approximate surface area is 209 Å². The number of carbonyl (C=O) groups is 3. The molecule has 0 radical (unpaired) electrons. The van der Waals surface area contributed by atoms with Crippen LogP contribution < -0.4 is 15.4 Å². The zero-order valence-corrected chi connectivity index (χ0v) is 20.8. The van der Waals surface area contributed by atoms with Crippen LogP contribution in [-0.2, 0) is 14.3 Å². The van der Waals surface area contributed by atoms with Gasteiger partial charge in [-0.2, -0.15) is 0 Å². The highest BCUT2D eigenvalue weighted by Crippen LogP contribution is 2.29. The van der Waals surface area contributed by atoms with Crippen molar-refractivity contribution in [1.82, 2.24) is 10.2 Å². The number of hydrogen-bond donors (Lipinski definition) is 3. The zero-order chi connectivity index (χ0) is 24.1. The molecule has 1 aliphatic rings. The van der Waals surface area contributed by atoms with Crippen molar-refractivity contribution in [3.05, 3.63) is 56.6 Å². The molecule has 0 spiro atoms. The molecular weight excluding hydrogens is 565 g/mol. The number of imide groups is 1. The molecule has 1 heterocycles. The molecule has 2 aromatic rings. The molecule has 1 unspecified atom stereocenters. The number of aliphatic hydroxyl groups is 1. The summed E-state index contributed by atoms with van der Waals surface area (Å²) in [6.07, 6.45) is -0.782. The molecule has 3 atom stereocenters. The van der Waals surface area contributed by atoms with E-state index in [0.717, 1.165) is 8.47 Å². The fourth-order valence-electron chi connectivity index (χ4n) is 3.37. The minimum atomic E-state index is -1.23. The number of anilines is 1. The van der Waals surface area contributed by atoms with Gasteiger partial charge in [-0.3, -0.25) is 9.59 Å². The zero-order valence-electron chi connectivity index (χ0n) is 17.9. The molecule has 176 valence electrons. The highest BCUT2D eigenvalue weighted by molar-refractivity contribution is 14.1. The van der Waals surface area contributed by atoms with E-state index in [1.807, 2.05) is 0 Å². The number of ether oxygens (including phenoxy) is 2. The number of nitrogens with one attached hydrogen (secondary N) is 2. The van der Waals surface area contributed by atoms with Crippen molar-refractivity contribution >= 4 is 57.7 Å². The van der Waals surface area contributed by atoms with Gasteiger partial charge in [-0.25, -0.2) is 9.69 Å². The van der Waals surface area contributed by atoms with Crippen molar-refractivity contribution in [3.63, 3.8) is 0 Å². The van der Waals surface area contributed by atoms with Crippen LogP contribution in [0.25, 0.3) is 0 Å². The first-order valence-corrected chi connectivity index (χ1v) is 11.5. The minimum absolute atomic E-state index is 0.123. The van der Waals surface area contributed by atoms with Gasteiger partial charge in [-0.05, 0) is 65.4 Å². The van der Waals surface area contributed by atoms with E-state index >= 15 is 0 Å². The van der Waals surface area contributed by atoms with Gasteiger partial charge in [0.2, 0.25) is 5.91 Å². The highest BCUT2D eigenvalue weighted by atomic mass is 127. The first kappa shape index (κ1) is 25.2. The lowest BCUT2D eigenvalue weighted by atomic mass is 10.0. The Morgan fingerprint density at radius 3 is 2.58 bits per heavy atom. The normalized spacial score (nSPS) is 17.5. The summed E-state index contributed by atoms with van der Waals surface area (Å²) in [5.74, 6) is -0.674. The van der Waals surface area contributed by atoms with E-state index in [0.29, 0.717) is 22.0 Å². The van der Waals surface area contributed by atoms with Crippen LogP contribution in [-0.4, -0.2) is 60.3 Å². The molecular formula is C22H23ClIN3O6. The van der Waals surface area contributed by atoms with Crippen LogP contribution in [0.1, 0.15) is 18.5 Å². The summed E-state index contributed by atoms with van der Waals surface area (Å²) < 4.78 is 11.5. The Hall–Kier alpha value is -2.41. The third-order valence-electron chi connectivity index (χ3n) is 5.10. The van der Waals surface area contributed by atoms with E-state index in [-0.39, 0.29) is 13.2 Å². The third-order valence-corrected chi connectivity index (χ3v) is 6.08. The number of amides is 4. The van der Waals surface area contributed by atoms with Crippen LogP contribution in [0.4, 0.5) is 10.5 Å². The van der Waals surface area contributed by atoms with E-state index in [9.17, 15) is 14.4 Å². The van der Waals surface area contributed by atoms with Gasteiger partial charge in [0, 0.05) is 10.7 Å². The number of aliphatic hydroxyl groups excluding tert-OH is 1. The summed E-state index contributed by atoms with van der Waals surface area (Å²) in [5.41, 5.74) is 0.884. The van der Waals surface area contributed by atoms with Crippen molar-refractivity contribution in [2.75, 3.05) is 25.6 Å². The van der Waals surface area contributed by atoms with Gasteiger partial charge in [0.25, 0.3) is 5.91 Å². The Balaban J connectivity index is 1.83. The van der Waals surface area contributed by atoms with Gasteiger partial charge in [0.15, 0.2) is 0 Å². The number of halogens is 2. The van der Waals surface area contributed by atoms with E-state index < -0.39 is 36.0 Å². The fourth-order valence-corrected chi connectivity index (χ4v) is 4.27. The summed E-state index contributed by atoms with van der Waals surface area (Å²) in [4.78, 5) is 40.0. The van der Waals surface area contributed by atoms with Crippen molar-refractivity contribution in [3.8, 4) is 5.75 Å². The van der Waals surface area contributed by atoms with E-state index in [1.54, 1.807) is 49.4 Å². The second-order valence-corrected chi connectivity index (χ2v) is 8.88. The number of carbonyl (C=O) groups excluding carboxylic acids is 3. The summed E-state index contributed by atoms with van der Waals surface area (Å²) in [6, 6.07) is 8.74. The van der Waals surface area contributed by atoms with Crippen LogP contribution in [0, 0.1) is 3.57 Å². The lowest BCUT2D eigenvalue weighted by molar-refractivity contribution is -0.137. The van der Waals surface area contributed by atoms with E-state index in [4.69, 9.17) is 26.2 Å². The maximum Gasteiger partial charge on any atom is 0.325 e. The molecule has 1 aliphatic heterocycles. The predicted molar refractivity (Wildman–Crippen MR) is 130 cm³/mol. The summed E-state index contributed by atoms with van der Waals surface area (Å²) in [5, 5.41) is 14.5. The molecule has 33 heavy (non-hydrogen) atoms. The van der Waals surface area contributed by atoms with Crippen LogP contribution in [0.2, 0.25) is 5.02 Å². The fraction of sp³-hybridized carbons (Fsp3) is 0.318. The Bertz CT molecular complexity index is 1040. The number of hydrogen-bond acceptors (Lipinski definition) is 6. The summed E-state index contributed by atoms with van der Waals surface area (Å²) in [7, 11) is 1.39. The van der Waals surface area contributed by atoms with Gasteiger partial charge in [0.1, 0.15) is 24.4 Å². The molecule has 3 rings (SSSR count). The van der Waals surface area contributed by atoms with Crippen molar-refractivity contribution in [2.45, 2.75) is 25.1 Å². The SMILES string of the molecule is CO[C@H](C)[C@@H](C(=O)Nc1ccc(I)cc1Cl)N1C(=O)NC(c2ccc(OCCO)cc2)C1=O. The molecule has 0 bridgehead atoms. The number of urea groups is 1. The molecule has 4 amide bonds. The molecule has 0 aromatic heterocycles. The van der Waals surface area contributed by atoms with Gasteiger partial charge in [-0.15, -0.1) is 0 Å². The molecule has 9 nitrogen and oxygen atoms in total. The second kappa shape index (κ2) is 11.1. The molecule has 0 aliphatic carbocycles.